The van der Waals surface area contributed by atoms with Gasteiger partial charge in [0, 0.05) is 13.0 Å². The molecule has 0 bridgehead atoms. The smallest absolute Gasteiger partial charge is 0.410 e. The summed E-state index contributed by atoms with van der Waals surface area (Å²) in [4.78, 5) is 38.4. The third-order valence-electron chi connectivity index (χ3n) is 5.19. The van der Waals surface area contributed by atoms with Crippen molar-refractivity contribution in [1.82, 2.24) is 4.90 Å². The fraction of sp³-hybridized carbons (Fsp3) is 0.375. The summed E-state index contributed by atoms with van der Waals surface area (Å²) in [5, 5.41) is 0. The van der Waals surface area contributed by atoms with Gasteiger partial charge in [0.25, 0.3) is 0 Å². The fourth-order valence-corrected chi connectivity index (χ4v) is 3.67. The van der Waals surface area contributed by atoms with Gasteiger partial charge in [-0.25, -0.2) is 4.79 Å². The predicted octanol–water partition coefficient (Wildman–Crippen LogP) is 3.54. The maximum Gasteiger partial charge on any atom is 0.410 e. The third kappa shape index (κ3) is 6.07. The number of methoxy groups -OCH3 is 1. The van der Waals surface area contributed by atoms with Crippen LogP contribution < -0.4 is 4.74 Å². The van der Waals surface area contributed by atoms with Crippen LogP contribution in [0.2, 0.25) is 0 Å². The maximum absolute atomic E-state index is 12.7. The van der Waals surface area contributed by atoms with Gasteiger partial charge >= 0.3 is 12.1 Å². The van der Waals surface area contributed by atoms with Crippen molar-refractivity contribution < 1.29 is 28.6 Å². The van der Waals surface area contributed by atoms with Gasteiger partial charge in [-0.1, -0.05) is 42.5 Å². The first-order valence-corrected chi connectivity index (χ1v) is 10.3. The van der Waals surface area contributed by atoms with Gasteiger partial charge in [0.2, 0.25) is 0 Å². The minimum atomic E-state index is -0.632. The molecule has 0 spiro atoms. The van der Waals surface area contributed by atoms with Crippen LogP contribution in [0.5, 0.6) is 5.75 Å². The molecule has 1 aliphatic rings. The van der Waals surface area contributed by atoms with E-state index in [1.54, 1.807) is 18.9 Å². The summed E-state index contributed by atoms with van der Waals surface area (Å²) in [7, 11) is 1.60. The largest absolute Gasteiger partial charge is 0.497 e. The molecule has 0 N–H and O–H groups in total. The first-order valence-electron chi connectivity index (χ1n) is 10.3. The molecule has 0 unspecified atom stereocenters. The van der Waals surface area contributed by atoms with Crippen LogP contribution in [0.1, 0.15) is 30.9 Å². The number of cyclic esters (lactones) is 1. The number of rotatable bonds is 10. The average Bonchev–Trinajstić information content (AvgIpc) is 3.03. The van der Waals surface area contributed by atoms with Crippen LogP contribution in [-0.2, 0) is 32.0 Å². The second kappa shape index (κ2) is 10.6. The maximum atomic E-state index is 12.7. The number of carbonyl (C=O) groups is 3. The van der Waals surface area contributed by atoms with Crippen molar-refractivity contribution in [2.24, 2.45) is 0 Å². The summed E-state index contributed by atoms with van der Waals surface area (Å²) in [5.74, 6) is -0.136. The highest BCUT2D eigenvalue weighted by Gasteiger charge is 2.42. The number of hydrogen-bond acceptors (Lipinski definition) is 6. The van der Waals surface area contributed by atoms with Gasteiger partial charge in [-0.15, -0.1) is 0 Å². The van der Waals surface area contributed by atoms with Gasteiger partial charge < -0.3 is 14.2 Å². The Morgan fingerprint density at radius 1 is 1.03 bits per heavy atom. The predicted molar refractivity (Wildman–Crippen MR) is 114 cm³/mol. The molecule has 2 atom stereocenters. The Morgan fingerprint density at radius 3 is 2.39 bits per heavy atom. The number of hydrogen-bond donors (Lipinski definition) is 0. The van der Waals surface area contributed by atoms with Crippen molar-refractivity contribution in [2.75, 3.05) is 13.7 Å². The van der Waals surface area contributed by atoms with E-state index in [-0.39, 0.29) is 31.3 Å². The van der Waals surface area contributed by atoms with Crippen molar-refractivity contribution in [3.8, 4) is 5.75 Å². The Kier molecular flexibility index (Phi) is 7.65. The summed E-state index contributed by atoms with van der Waals surface area (Å²) in [6, 6.07) is 16.9. The molecule has 1 aliphatic heterocycles. The molecule has 1 saturated heterocycles. The molecule has 31 heavy (non-hydrogen) atoms. The molecule has 3 rings (SSSR count). The molecule has 0 radical (unpaired) electrons. The molecule has 1 heterocycles. The SMILES string of the molecule is CCOC(=O)CC(=O)C[C@@H]1OC(=O)N(Cc2ccc(OC)cc2)[C@H]1Cc1ccccc1. The molecule has 0 aliphatic carbocycles. The number of carbonyl (C=O) groups excluding carboxylic acids is 3. The number of benzene rings is 2. The van der Waals surface area contributed by atoms with E-state index in [4.69, 9.17) is 14.2 Å². The Bertz CT molecular complexity index is 896. The lowest BCUT2D eigenvalue weighted by atomic mass is 9.96. The summed E-state index contributed by atoms with van der Waals surface area (Å²) in [5.41, 5.74) is 1.96. The third-order valence-corrected chi connectivity index (χ3v) is 5.19. The van der Waals surface area contributed by atoms with Gasteiger partial charge in [0.1, 0.15) is 24.1 Å². The van der Waals surface area contributed by atoms with Crippen molar-refractivity contribution in [3.63, 3.8) is 0 Å². The second-order valence-corrected chi connectivity index (χ2v) is 7.38. The van der Waals surface area contributed by atoms with Crippen LogP contribution >= 0.6 is 0 Å². The zero-order valence-electron chi connectivity index (χ0n) is 17.8. The van der Waals surface area contributed by atoms with Crippen molar-refractivity contribution in [2.45, 2.75) is 44.9 Å². The zero-order chi connectivity index (χ0) is 22.2. The van der Waals surface area contributed by atoms with Gasteiger partial charge in [-0.3, -0.25) is 14.5 Å². The fourth-order valence-electron chi connectivity index (χ4n) is 3.67. The molecule has 7 heteroatoms. The van der Waals surface area contributed by atoms with E-state index in [1.807, 2.05) is 54.6 Å². The zero-order valence-corrected chi connectivity index (χ0v) is 17.8. The van der Waals surface area contributed by atoms with Gasteiger partial charge in [0.05, 0.1) is 19.8 Å². The first kappa shape index (κ1) is 22.3. The van der Waals surface area contributed by atoms with Gasteiger partial charge in [0.15, 0.2) is 0 Å². The highest BCUT2D eigenvalue weighted by Crippen LogP contribution is 2.28. The van der Waals surface area contributed by atoms with Crippen LogP contribution in [0.15, 0.2) is 54.6 Å². The van der Waals surface area contributed by atoms with Gasteiger partial charge in [-0.2, -0.15) is 0 Å². The average molecular weight is 425 g/mol. The van der Waals surface area contributed by atoms with Crippen LogP contribution in [0.4, 0.5) is 4.79 Å². The summed E-state index contributed by atoms with van der Waals surface area (Å²) in [6.07, 6.45) is -0.904. The lowest BCUT2D eigenvalue weighted by Gasteiger charge is -2.25. The van der Waals surface area contributed by atoms with E-state index in [2.05, 4.69) is 0 Å². The standard InChI is InChI=1S/C24H27NO6/c1-3-30-23(27)15-19(26)14-22-21(13-17-7-5-4-6-8-17)25(24(28)31-22)16-18-9-11-20(29-2)12-10-18/h4-12,21-22H,3,13-16H2,1-2H3/t21-,22-/m0/s1. The topological polar surface area (TPSA) is 82.1 Å². The van der Waals surface area contributed by atoms with Crippen LogP contribution in [0.25, 0.3) is 0 Å². The lowest BCUT2D eigenvalue weighted by molar-refractivity contribution is -0.145. The number of ketones is 1. The van der Waals surface area contributed by atoms with Crippen molar-refractivity contribution in [1.29, 1.82) is 0 Å². The van der Waals surface area contributed by atoms with Crippen LogP contribution in [0, 0.1) is 0 Å². The number of Topliss-reactive ketones (excluding diaryl/α,β-unsaturated/α-hetero) is 1. The van der Waals surface area contributed by atoms with E-state index in [1.165, 1.54) is 0 Å². The Labute approximate surface area is 181 Å². The number of amides is 1. The van der Waals surface area contributed by atoms with E-state index < -0.39 is 18.2 Å². The molecule has 1 fully saturated rings. The van der Waals surface area contributed by atoms with Crippen LogP contribution in [-0.4, -0.2) is 48.6 Å². The summed E-state index contributed by atoms with van der Waals surface area (Å²) < 4.78 is 15.6. The summed E-state index contributed by atoms with van der Waals surface area (Å²) >= 11 is 0. The minimum absolute atomic E-state index is 0.0266. The quantitative estimate of drug-likeness (QED) is 0.428. The van der Waals surface area contributed by atoms with Crippen LogP contribution in [0.3, 0.4) is 0 Å². The minimum Gasteiger partial charge on any atom is -0.497 e. The molecule has 2 aromatic carbocycles. The molecule has 164 valence electrons. The Hall–Kier alpha value is -3.35. The van der Waals surface area contributed by atoms with E-state index in [9.17, 15) is 14.4 Å². The molecule has 0 saturated carbocycles. The van der Waals surface area contributed by atoms with Crippen molar-refractivity contribution in [3.05, 3.63) is 65.7 Å². The normalized spacial score (nSPS) is 17.9. The monoisotopic (exact) mass is 425 g/mol. The van der Waals surface area contributed by atoms with Gasteiger partial charge in [-0.05, 0) is 36.6 Å². The molecule has 7 nitrogen and oxygen atoms in total. The lowest BCUT2D eigenvalue weighted by Crippen LogP contribution is -2.39. The van der Waals surface area contributed by atoms with Crippen molar-refractivity contribution >= 4 is 17.8 Å². The van der Waals surface area contributed by atoms with E-state index in [0.29, 0.717) is 13.0 Å². The molecule has 1 amide bonds. The van der Waals surface area contributed by atoms with E-state index in [0.717, 1.165) is 16.9 Å². The molecular weight excluding hydrogens is 398 g/mol. The molecule has 0 aromatic heterocycles. The number of ether oxygens (including phenoxy) is 3. The highest BCUT2D eigenvalue weighted by atomic mass is 16.6. The van der Waals surface area contributed by atoms with E-state index >= 15 is 0 Å². The number of esters is 1. The first-order chi connectivity index (χ1) is 15.0. The second-order valence-electron chi connectivity index (χ2n) is 7.38. The Morgan fingerprint density at radius 2 is 1.74 bits per heavy atom. The Balaban J connectivity index is 1.76. The summed E-state index contributed by atoms with van der Waals surface area (Å²) in [6.45, 7) is 2.26. The molecular formula is C24H27NO6. The molecule has 2 aromatic rings. The number of nitrogens with zero attached hydrogens (tertiary/aromatic N) is 1. The highest BCUT2D eigenvalue weighted by molar-refractivity contribution is 5.96.